The molecule has 3 rings (SSSR count). The van der Waals surface area contributed by atoms with Crippen LogP contribution in [0.1, 0.15) is 45.6 Å². The van der Waals surface area contributed by atoms with Crippen LogP contribution < -0.4 is 10.6 Å². The summed E-state index contributed by atoms with van der Waals surface area (Å²) in [4.78, 5) is 12.8. The average Bonchev–Trinajstić information content (AvgIpc) is 3.29. The summed E-state index contributed by atoms with van der Waals surface area (Å²) in [6.07, 6.45) is 2.58. The van der Waals surface area contributed by atoms with E-state index in [4.69, 9.17) is 0 Å². The summed E-state index contributed by atoms with van der Waals surface area (Å²) in [5.41, 5.74) is 3.79. The van der Waals surface area contributed by atoms with Crippen molar-refractivity contribution < 1.29 is 0 Å². The third-order valence-electron chi connectivity index (χ3n) is 5.15. The van der Waals surface area contributed by atoms with Crippen LogP contribution in [0.15, 0.2) is 29.3 Å². The normalized spacial score (nSPS) is 16.5. The van der Waals surface area contributed by atoms with Crippen molar-refractivity contribution >= 4 is 17.3 Å². The zero-order valence-electron chi connectivity index (χ0n) is 16.9. The first-order valence-electron chi connectivity index (χ1n) is 9.75. The predicted octanol–water partition coefficient (Wildman–Crippen LogP) is 3.57. The smallest absolute Gasteiger partial charge is 0.191 e. The number of likely N-dealkylation sites (tertiary alicyclic amines) is 1. The van der Waals surface area contributed by atoms with Crippen molar-refractivity contribution in [3.8, 4) is 0 Å². The fourth-order valence-electron chi connectivity index (χ4n) is 3.62. The molecule has 146 valence electrons. The minimum Gasteiger partial charge on any atom is -0.354 e. The highest BCUT2D eigenvalue weighted by atomic mass is 32.1. The second kappa shape index (κ2) is 9.33. The van der Waals surface area contributed by atoms with Gasteiger partial charge in [0.05, 0.1) is 23.3 Å². The summed E-state index contributed by atoms with van der Waals surface area (Å²) in [7, 11) is 1.83. The van der Waals surface area contributed by atoms with Gasteiger partial charge in [-0.05, 0) is 52.3 Å². The maximum atomic E-state index is 4.50. The summed E-state index contributed by atoms with van der Waals surface area (Å²) in [5.74, 6) is 0.844. The molecule has 6 heteroatoms. The number of benzene rings is 1. The lowest BCUT2D eigenvalue weighted by atomic mass is 10.0. The molecule has 1 aliphatic heterocycles. The van der Waals surface area contributed by atoms with Crippen molar-refractivity contribution in [3.05, 3.63) is 51.0 Å². The molecule has 1 unspecified atom stereocenters. The van der Waals surface area contributed by atoms with Gasteiger partial charge in [-0.2, -0.15) is 0 Å². The van der Waals surface area contributed by atoms with E-state index in [0.717, 1.165) is 29.8 Å². The van der Waals surface area contributed by atoms with Gasteiger partial charge < -0.3 is 10.6 Å². The molecule has 1 fully saturated rings. The SMILES string of the molecule is CN=C(NCc1sc(C)nc1C)NCC(c1ccc(C)cc1)N1CCCC1. The molecule has 27 heavy (non-hydrogen) atoms. The van der Waals surface area contributed by atoms with Crippen LogP contribution in [-0.4, -0.2) is 42.5 Å². The number of aryl methyl sites for hydroxylation is 3. The van der Waals surface area contributed by atoms with Crippen LogP contribution in [0.5, 0.6) is 0 Å². The lowest BCUT2D eigenvalue weighted by molar-refractivity contribution is 0.245. The van der Waals surface area contributed by atoms with Gasteiger partial charge in [-0.1, -0.05) is 29.8 Å². The van der Waals surface area contributed by atoms with Gasteiger partial charge in [0.25, 0.3) is 0 Å². The van der Waals surface area contributed by atoms with Gasteiger partial charge in [0.15, 0.2) is 5.96 Å². The Balaban J connectivity index is 1.62. The van der Waals surface area contributed by atoms with Crippen molar-refractivity contribution in [1.82, 2.24) is 20.5 Å². The zero-order chi connectivity index (χ0) is 19.2. The number of aliphatic imine (C=N–C) groups is 1. The topological polar surface area (TPSA) is 52.6 Å². The number of nitrogens with one attached hydrogen (secondary N) is 2. The van der Waals surface area contributed by atoms with E-state index in [9.17, 15) is 0 Å². The summed E-state index contributed by atoms with van der Waals surface area (Å²) in [6, 6.07) is 9.32. The Labute approximate surface area is 166 Å². The van der Waals surface area contributed by atoms with Crippen LogP contribution in [0.3, 0.4) is 0 Å². The highest BCUT2D eigenvalue weighted by Gasteiger charge is 2.23. The van der Waals surface area contributed by atoms with Crippen molar-refractivity contribution in [3.63, 3.8) is 0 Å². The number of aromatic nitrogens is 1. The maximum absolute atomic E-state index is 4.50. The summed E-state index contributed by atoms with van der Waals surface area (Å²) in [6.45, 7) is 10.2. The van der Waals surface area contributed by atoms with Crippen molar-refractivity contribution in [1.29, 1.82) is 0 Å². The van der Waals surface area contributed by atoms with Gasteiger partial charge in [0.2, 0.25) is 0 Å². The van der Waals surface area contributed by atoms with E-state index in [1.165, 1.54) is 41.9 Å². The lowest BCUT2D eigenvalue weighted by Crippen LogP contribution is -2.42. The number of thiazole rings is 1. The third-order valence-corrected chi connectivity index (χ3v) is 6.22. The largest absolute Gasteiger partial charge is 0.354 e. The van der Waals surface area contributed by atoms with E-state index in [1.807, 2.05) is 7.05 Å². The van der Waals surface area contributed by atoms with Crippen molar-refractivity contribution in [2.24, 2.45) is 4.99 Å². The molecule has 2 aromatic rings. The van der Waals surface area contributed by atoms with E-state index in [0.29, 0.717) is 6.04 Å². The molecule has 1 aromatic carbocycles. The van der Waals surface area contributed by atoms with Crippen LogP contribution in [0, 0.1) is 20.8 Å². The first-order valence-corrected chi connectivity index (χ1v) is 10.6. The van der Waals surface area contributed by atoms with E-state index in [-0.39, 0.29) is 0 Å². The third kappa shape index (κ3) is 5.30. The molecule has 1 aromatic heterocycles. The van der Waals surface area contributed by atoms with Crippen molar-refractivity contribution in [2.75, 3.05) is 26.7 Å². The number of hydrogen-bond donors (Lipinski definition) is 2. The molecule has 0 bridgehead atoms. The summed E-state index contributed by atoms with van der Waals surface area (Å²) >= 11 is 1.75. The number of hydrogen-bond acceptors (Lipinski definition) is 4. The Hall–Kier alpha value is -1.92. The molecular weight excluding hydrogens is 354 g/mol. The molecule has 1 aliphatic rings. The number of nitrogens with zero attached hydrogens (tertiary/aromatic N) is 3. The molecule has 1 atom stereocenters. The Morgan fingerprint density at radius 1 is 1.15 bits per heavy atom. The Kier molecular flexibility index (Phi) is 6.85. The van der Waals surface area contributed by atoms with Crippen LogP contribution in [0.2, 0.25) is 0 Å². The molecule has 0 radical (unpaired) electrons. The Morgan fingerprint density at radius 3 is 2.44 bits per heavy atom. The number of guanidine groups is 1. The maximum Gasteiger partial charge on any atom is 0.191 e. The first kappa shape index (κ1) is 19.8. The van der Waals surface area contributed by atoms with Gasteiger partial charge in [-0.25, -0.2) is 4.98 Å². The average molecular weight is 386 g/mol. The molecule has 0 spiro atoms. The highest BCUT2D eigenvalue weighted by Crippen LogP contribution is 2.25. The van der Waals surface area contributed by atoms with Crippen LogP contribution >= 0.6 is 11.3 Å². The molecule has 0 saturated carbocycles. The molecule has 0 aliphatic carbocycles. The van der Waals surface area contributed by atoms with E-state index < -0.39 is 0 Å². The number of rotatable bonds is 6. The molecule has 5 nitrogen and oxygen atoms in total. The standard InChI is InChI=1S/C21H31N5S/c1-15-7-9-18(10-8-15)19(26-11-5-6-12-26)13-23-21(22-4)24-14-20-16(2)25-17(3)27-20/h7-10,19H,5-6,11-14H2,1-4H3,(H2,22,23,24). The van der Waals surface area contributed by atoms with Gasteiger partial charge in [0, 0.05) is 18.5 Å². The summed E-state index contributed by atoms with van der Waals surface area (Å²) < 4.78 is 0. The van der Waals surface area contributed by atoms with Crippen LogP contribution in [0.4, 0.5) is 0 Å². The molecule has 1 saturated heterocycles. The Bertz CT molecular complexity index is 759. The van der Waals surface area contributed by atoms with Crippen molar-refractivity contribution in [2.45, 2.75) is 46.2 Å². The fourth-order valence-corrected chi connectivity index (χ4v) is 4.49. The fraction of sp³-hybridized carbons (Fsp3) is 0.524. The Morgan fingerprint density at radius 2 is 1.85 bits per heavy atom. The summed E-state index contributed by atoms with van der Waals surface area (Å²) in [5, 5.41) is 8.09. The quantitative estimate of drug-likeness (QED) is 0.590. The zero-order valence-corrected chi connectivity index (χ0v) is 17.7. The van der Waals surface area contributed by atoms with Crippen LogP contribution in [-0.2, 0) is 6.54 Å². The lowest BCUT2D eigenvalue weighted by Gasteiger charge is -2.29. The van der Waals surface area contributed by atoms with E-state index in [2.05, 4.69) is 70.5 Å². The molecule has 2 N–H and O–H groups in total. The van der Waals surface area contributed by atoms with E-state index in [1.54, 1.807) is 11.3 Å². The van der Waals surface area contributed by atoms with Crippen LogP contribution in [0.25, 0.3) is 0 Å². The predicted molar refractivity (Wildman–Crippen MR) is 115 cm³/mol. The minimum atomic E-state index is 0.374. The second-order valence-electron chi connectivity index (χ2n) is 7.22. The van der Waals surface area contributed by atoms with Gasteiger partial charge in [-0.3, -0.25) is 9.89 Å². The first-order chi connectivity index (χ1) is 13.1. The van der Waals surface area contributed by atoms with Gasteiger partial charge >= 0.3 is 0 Å². The van der Waals surface area contributed by atoms with E-state index >= 15 is 0 Å². The van der Waals surface area contributed by atoms with Gasteiger partial charge in [-0.15, -0.1) is 11.3 Å². The monoisotopic (exact) mass is 385 g/mol. The second-order valence-corrected chi connectivity index (χ2v) is 8.51. The van der Waals surface area contributed by atoms with Gasteiger partial charge in [0.1, 0.15) is 0 Å². The highest BCUT2D eigenvalue weighted by molar-refractivity contribution is 7.11. The molecule has 2 heterocycles. The molecular formula is C21H31N5S. The minimum absolute atomic E-state index is 0.374. The molecule has 0 amide bonds.